The molecule has 2 aromatic heterocycles. The van der Waals surface area contributed by atoms with Gasteiger partial charge in [0.2, 0.25) is 10.4 Å². The molecule has 0 fully saturated rings. The Balaban J connectivity index is 0.000000189. The van der Waals surface area contributed by atoms with Crippen LogP contribution in [0.15, 0.2) is 89.8 Å². The Hall–Kier alpha value is -6.47. The molecule has 0 aliphatic rings. The summed E-state index contributed by atoms with van der Waals surface area (Å²) in [4.78, 5) is 53.8. The molecular weight excluding hydrogens is 622 g/mol. The lowest BCUT2D eigenvalue weighted by atomic mass is 10.2. The Morgan fingerprint density at radius 3 is 1.76 bits per heavy atom. The van der Waals surface area contributed by atoms with Crippen molar-refractivity contribution in [1.82, 2.24) is 4.98 Å². The van der Waals surface area contributed by atoms with E-state index in [1.807, 2.05) is 42.5 Å². The number of hydrogen-bond acceptors (Lipinski definition) is 12. The maximum absolute atomic E-state index is 10.8. The lowest BCUT2D eigenvalue weighted by Crippen LogP contribution is -2.16. The highest BCUT2D eigenvalue weighted by Gasteiger charge is 2.34. The van der Waals surface area contributed by atoms with Crippen LogP contribution in [-0.2, 0) is 10.1 Å². The molecule has 0 aliphatic carbocycles. The maximum atomic E-state index is 10.8. The largest absolute Gasteiger partial charge is 0.744 e. The predicted octanol–water partition coefficient (Wildman–Crippen LogP) is 3.60. The lowest BCUT2D eigenvalue weighted by Gasteiger charge is -2.07. The zero-order valence-electron chi connectivity index (χ0n) is 22.2. The van der Waals surface area contributed by atoms with Crippen LogP contribution >= 0.6 is 0 Å². The van der Waals surface area contributed by atoms with Crippen molar-refractivity contribution in [3.05, 3.63) is 127 Å². The SMILES string of the molecule is O=C(O)c1ccc2ccccc2[nH+]1.O=C(O)c1ccc2ccccc2n1.O=[N+]([O-])c1cc([N+](=O)[O-])c(S(=O)(=O)[O-])c([N+](=O)[O-])c1. The molecule has 18 nitrogen and oxygen atoms in total. The summed E-state index contributed by atoms with van der Waals surface area (Å²) in [5.41, 5.74) is -2.28. The number of hydrogen-bond donors (Lipinski definition) is 2. The van der Waals surface area contributed by atoms with Crippen molar-refractivity contribution in [2.75, 3.05) is 0 Å². The van der Waals surface area contributed by atoms with E-state index in [2.05, 4.69) is 9.97 Å². The first-order valence-corrected chi connectivity index (χ1v) is 13.3. The van der Waals surface area contributed by atoms with Gasteiger partial charge in [-0.25, -0.2) is 23.0 Å². The molecule has 45 heavy (non-hydrogen) atoms. The number of aromatic nitrogens is 2. The van der Waals surface area contributed by atoms with Crippen molar-refractivity contribution in [3.63, 3.8) is 0 Å². The summed E-state index contributed by atoms with van der Waals surface area (Å²) >= 11 is 0. The van der Waals surface area contributed by atoms with Gasteiger partial charge in [-0.1, -0.05) is 36.4 Å². The topological polar surface area (TPSA) is 288 Å². The van der Waals surface area contributed by atoms with Gasteiger partial charge in [-0.3, -0.25) is 30.3 Å². The van der Waals surface area contributed by atoms with Crippen molar-refractivity contribution in [1.29, 1.82) is 0 Å². The van der Waals surface area contributed by atoms with E-state index in [9.17, 15) is 52.9 Å². The van der Waals surface area contributed by atoms with E-state index >= 15 is 0 Å². The highest BCUT2D eigenvalue weighted by atomic mass is 32.2. The van der Waals surface area contributed by atoms with Crippen molar-refractivity contribution in [2.45, 2.75) is 4.90 Å². The number of para-hydroxylation sites is 2. The Labute approximate surface area is 250 Å². The number of carboxylic acid groups (broad SMARTS) is 2. The molecule has 2 heterocycles. The zero-order valence-corrected chi connectivity index (χ0v) is 23.0. The minimum absolute atomic E-state index is 0.0821. The van der Waals surface area contributed by atoms with Crippen LogP contribution < -0.4 is 4.98 Å². The fourth-order valence-corrected chi connectivity index (χ4v) is 4.42. The van der Waals surface area contributed by atoms with Gasteiger partial charge in [0.05, 0.1) is 32.4 Å². The number of aromatic carboxylic acids is 2. The standard InChI is InChI=1S/2C10H7NO2.C6H3N3O9S/c2*12-10(13)9-6-5-7-3-1-2-4-8(7)11-9;10-7(11)3-1-4(8(12)13)6(19(16,17)18)5(2-3)9(14)15/h2*1-6H,(H,12,13);1-2H,(H,16,17,18). The third-order valence-electron chi connectivity index (χ3n) is 5.60. The second kappa shape index (κ2) is 13.7. The third-order valence-corrected chi connectivity index (χ3v) is 6.51. The van der Waals surface area contributed by atoms with Crippen LogP contribution in [0.3, 0.4) is 0 Å². The van der Waals surface area contributed by atoms with Gasteiger partial charge >= 0.3 is 23.3 Å². The van der Waals surface area contributed by atoms with Gasteiger partial charge in [0, 0.05) is 22.9 Å². The predicted molar refractivity (Wildman–Crippen MR) is 151 cm³/mol. The molecule has 0 atom stereocenters. The van der Waals surface area contributed by atoms with E-state index in [0.717, 1.165) is 16.3 Å². The van der Waals surface area contributed by atoms with E-state index in [1.54, 1.807) is 24.3 Å². The molecule has 19 heteroatoms. The summed E-state index contributed by atoms with van der Waals surface area (Å²) in [6.07, 6.45) is 0. The Kier molecular flexibility index (Phi) is 10.0. The van der Waals surface area contributed by atoms with Gasteiger partial charge in [0.1, 0.15) is 15.8 Å². The number of nitrogens with zero attached hydrogens (tertiary/aromatic N) is 4. The Bertz CT molecular complexity index is 1980. The summed E-state index contributed by atoms with van der Waals surface area (Å²) in [5, 5.41) is 50.9. The Morgan fingerprint density at radius 1 is 0.711 bits per heavy atom. The minimum Gasteiger partial charge on any atom is -0.744 e. The molecule has 0 unspecified atom stereocenters. The Morgan fingerprint density at radius 2 is 1.24 bits per heavy atom. The molecule has 0 amide bonds. The number of H-pyrrole nitrogens is 1. The monoisotopic (exact) mass is 639 g/mol. The summed E-state index contributed by atoms with van der Waals surface area (Å²) in [6, 6.07) is 21.9. The summed E-state index contributed by atoms with van der Waals surface area (Å²) in [5.74, 6) is -1.93. The molecule has 230 valence electrons. The van der Waals surface area contributed by atoms with Crippen LogP contribution in [0.4, 0.5) is 17.1 Å². The number of nitrogens with one attached hydrogen (secondary N) is 1. The quantitative estimate of drug-likeness (QED) is 0.152. The fourth-order valence-electron chi connectivity index (χ4n) is 3.64. The van der Waals surface area contributed by atoms with Crippen LogP contribution in [-0.4, -0.2) is 54.9 Å². The molecule has 0 saturated heterocycles. The second-order valence-corrected chi connectivity index (χ2v) is 9.81. The maximum Gasteiger partial charge on any atom is 0.401 e. The number of nitro benzene ring substituents is 3. The molecular formula is C26H17N5O13S. The number of nitro groups is 3. The molecule has 0 bridgehead atoms. The molecule has 3 aromatic carbocycles. The molecule has 5 rings (SSSR count). The van der Waals surface area contributed by atoms with Crippen LogP contribution in [0.1, 0.15) is 21.0 Å². The average molecular weight is 640 g/mol. The number of pyridine rings is 2. The summed E-state index contributed by atoms with van der Waals surface area (Å²) in [6.45, 7) is 0. The van der Waals surface area contributed by atoms with Crippen LogP contribution in [0.5, 0.6) is 0 Å². The molecule has 0 spiro atoms. The fraction of sp³-hybridized carbons (Fsp3) is 0. The van der Waals surface area contributed by atoms with Gasteiger partial charge in [0.15, 0.2) is 0 Å². The van der Waals surface area contributed by atoms with E-state index in [0.29, 0.717) is 5.52 Å². The normalized spacial score (nSPS) is 10.5. The summed E-state index contributed by atoms with van der Waals surface area (Å²) in [7, 11) is -5.55. The van der Waals surface area contributed by atoms with Crippen molar-refractivity contribution in [2.24, 2.45) is 0 Å². The van der Waals surface area contributed by atoms with Crippen LogP contribution in [0.2, 0.25) is 0 Å². The molecule has 3 N–H and O–H groups in total. The number of carboxylic acids is 2. The number of fused-ring (bicyclic) bond motifs is 2. The van der Waals surface area contributed by atoms with E-state index in [4.69, 9.17) is 10.2 Å². The molecule has 0 saturated carbocycles. The number of aromatic amines is 1. The van der Waals surface area contributed by atoms with Gasteiger partial charge in [-0.2, -0.15) is 4.98 Å². The van der Waals surface area contributed by atoms with E-state index in [1.165, 1.54) is 6.07 Å². The molecule has 5 aromatic rings. The first kappa shape index (κ1) is 33.0. The second-order valence-electron chi connectivity index (χ2n) is 8.50. The van der Waals surface area contributed by atoms with Crippen molar-refractivity contribution in [3.8, 4) is 0 Å². The zero-order chi connectivity index (χ0) is 33.5. The van der Waals surface area contributed by atoms with Gasteiger partial charge < -0.3 is 14.8 Å². The molecule has 0 aliphatic heterocycles. The van der Waals surface area contributed by atoms with Gasteiger partial charge in [-0.05, 0) is 24.3 Å². The minimum atomic E-state index is -5.55. The van der Waals surface area contributed by atoms with Gasteiger partial charge in [0.25, 0.3) is 11.4 Å². The number of carbonyl (C=O) groups is 2. The number of benzene rings is 3. The van der Waals surface area contributed by atoms with Crippen molar-refractivity contribution < 1.29 is 52.5 Å². The highest BCUT2D eigenvalue weighted by molar-refractivity contribution is 7.86. The van der Waals surface area contributed by atoms with E-state index < -0.39 is 58.8 Å². The lowest BCUT2D eigenvalue weighted by molar-refractivity contribution is -0.407. The van der Waals surface area contributed by atoms with Crippen LogP contribution in [0.25, 0.3) is 21.8 Å². The van der Waals surface area contributed by atoms with Crippen molar-refractivity contribution >= 4 is 60.9 Å². The third kappa shape index (κ3) is 8.30. The first-order chi connectivity index (χ1) is 21.1. The van der Waals surface area contributed by atoms with Crippen LogP contribution in [0, 0.1) is 30.3 Å². The van der Waals surface area contributed by atoms with Gasteiger partial charge in [-0.15, -0.1) is 0 Å². The summed E-state index contributed by atoms with van der Waals surface area (Å²) < 4.78 is 32.5. The first-order valence-electron chi connectivity index (χ1n) is 11.9. The number of non-ortho nitro benzene ring substituents is 1. The highest BCUT2D eigenvalue weighted by Crippen LogP contribution is 2.36. The number of rotatable bonds is 6. The average Bonchev–Trinajstić information content (AvgIpc) is 2.99. The smallest absolute Gasteiger partial charge is 0.401 e. The molecule has 0 radical (unpaired) electrons. The van der Waals surface area contributed by atoms with E-state index in [-0.39, 0.29) is 23.5 Å².